The minimum atomic E-state index is -1.41. The third-order valence-corrected chi connectivity index (χ3v) is 22.9. The van der Waals surface area contributed by atoms with Crippen LogP contribution in [0.5, 0.6) is 5.75 Å². The van der Waals surface area contributed by atoms with Crippen molar-refractivity contribution >= 4 is 109 Å². The number of aliphatic carboxylic acids is 1. The summed E-state index contributed by atoms with van der Waals surface area (Å²) in [4.78, 5) is 135. The lowest BCUT2D eigenvalue weighted by atomic mass is 9.86. The number of rotatable bonds is 16. The molecule has 0 unspecified atom stereocenters. The van der Waals surface area contributed by atoms with E-state index in [1.807, 2.05) is 36.6 Å². The van der Waals surface area contributed by atoms with Crippen molar-refractivity contribution in [2.45, 2.75) is 109 Å². The number of likely N-dealkylation sites (N-methyl/N-ethyl adjacent to an activating group) is 1. The van der Waals surface area contributed by atoms with Crippen LogP contribution >= 0.6 is 68.0 Å². The van der Waals surface area contributed by atoms with Crippen LogP contribution in [0.4, 0.5) is 0 Å². The third-order valence-electron chi connectivity index (χ3n) is 17.4. The number of carboxylic acids is 1. The summed E-state index contributed by atoms with van der Waals surface area (Å²) >= 11 is 6.97. The maximum Gasteiger partial charge on any atom is 0.306 e. The molecule has 504 valence electrons. The second kappa shape index (κ2) is 30.0. The van der Waals surface area contributed by atoms with E-state index in [2.05, 4.69) is 50.0 Å². The zero-order chi connectivity index (χ0) is 68.2. The molecule has 2 aromatic carbocycles. The molecule has 2 aliphatic heterocycles. The number of carbonyl (C=O) groups excluding carboxylic acids is 6. The van der Waals surface area contributed by atoms with Crippen molar-refractivity contribution < 1.29 is 53.6 Å². The maximum absolute atomic E-state index is 15.5. The summed E-state index contributed by atoms with van der Waals surface area (Å²) in [6.07, 6.45) is -0.821. The molecule has 12 rings (SSSR count). The van der Waals surface area contributed by atoms with Crippen LogP contribution in [0, 0.1) is 18.8 Å². The Morgan fingerprint density at radius 3 is 2.08 bits per heavy atom. The molecule has 2 fully saturated rings. The number of ether oxygens (including phenoxy) is 1. The molecule has 3 aliphatic rings. The highest BCUT2D eigenvalue weighted by molar-refractivity contribution is 7.15. The monoisotopic (exact) mass is 1420 g/mol. The molecule has 1 saturated carbocycles. The predicted octanol–water partition coefficient (Wildman–Crippen LogP) is 8.68. The normalized spacial score (nSPS) is 21.1. The summed E-state index contributed by atoms with van der Waals surface area (Å²) < 4.78 is 6.09. The quantitative estimate of drug-likeness (QED) is 0.0448. The van der Waals surface area contributed by atoms with E-state index in [-0.39, 0.29) is 51.8 Å². The molecule has 0 spiro atoms. The van der Waals surface area contributed by atoms with Gasteiger partial charge in [-0.3, -0.25) is 33.6 Å². The first kappa shape index (κ1) is 68.3. The molecule has 0 radical (unpaired) electrons. The van der Waals surface area contributed by atoms with Crippen LogP contribution in [-0.2, 0) is 20.8 Å². The Balaban J connectivity index is 0.920. The lowest BCUT2D eigenvalue weighted by Gasteiger charge is -2.29. The van der Waals surface area contributed by atoms with Crippen molar-refractivity contribution in [3.05, 3.63) is 147 Å². The molecular formula is C66H68N14O11S6. The number of pyridine rings is 1. The SMILES string of the molecule is CCN(CC)CCOc1ccc(C[C@@H]2NC(=O)c3csc(n3)[C@H]([C@H](O)c3ccccc3)NC(=O)c3nc(sc3C)[C@H](CC(N)=O)NC(=O)c3csc(n3)-c3ccc(-c4nc(C(=O)N[C@H]5CC[C@H](C(=O)O)CC5)cs4)nc3-c3csc(n3)-c3csc(n3)[C@@H]3[C@@H](C)[C@@H](O)CN3C2=O)cc1. The minimum Gasteiger partial charge on any atom is -0.492 e. The lowest BCUT2D eigenvalue weighted by molar-refractivity contribution is -0.143. The number of primary amides is 1. The summed E-state index contributed by atoms with van der Waals surface area (Å²) in [6, 6.07) is 14.8. The van der Waals surface area contributed by atoms with Gasteiger partial charge in [0.05, 0.1) is 36.2 Å². The van der Waals surface area contributed by atoms with Crippen molar-refractivity contribution in [2.75, 3.05) is 32.8 Å². The van der Waals surface area contributed by atoms with E-state index in [9.17, 15) is 44.1 Å². The number of carbonyl (C=O) groups is 7. The van der Waals surface area contributed by atoms with E-state index in [1.165, 1.54) is 39.4 Å². The highest BCUT2D eigenvalue weighted by Crippen LogP contribution is 2.43. The molecule has 97 heavy (non-hydrogen) atoms. The van der Waals surface area contributed by atoms with Crippen molar-refractivity contribution in [1.82, 2.24) is 66.0 Å². The van der Waals surface area contributed by atoms with E-state index >= 15 is 4.79 Å². The first-order valence-corrected chi connectivity index (χ1v) is 36.7. The average molecular weight is 1430 g/mol. The van der Waals surface area contributed by atoms with Crippen molar-refractivity contribution in [3.8, 4) is 49.1 Å². The molecular weight excluding hydrogens is 1360 g/mol. The van der Waals surface area contributed by atoms with Crippen LogP contribution in [0.25, 0.3) is 43.4 Å². The fourth-order valence-corrected chi connectivity index (χ4v) is 17.3. The van der Waals surface area contributed by atoms with Crippen molar-refractivity contribution in [3.63, 3.8) is 0 Å². The standard InChI is InChI=1S/C66H68N14O11S6/c1-5-79(6-2)22-23-91-38-18-12-34(13-19-38)24-42-65(88)80-26-48(81)32(3)53(80)64-76-47(31-96-64)61-72-43(27-93-61)51-39(20-21-40(69-51)60-74-44(29-94-60)55(84)68-37-16-14-36(15-17-37)66(89)90)59-73-45(28-92-59)56(85)70-41(25-49(67)82)62-78-50(33(4)97-62)58(87)77-52(54(83)35-10-8-7-9-11-35)63-75-46(30-95-63)57(86)71-42/h7-13,18-21,27-32,36-37,41-42,48,52-54,81,83H,5-6,14-17,22-26H2,1-4H3,(H2,67,82)(H,68,84)(H,70,85)(H,71,86)(H,77,87)(H,89,90)/t32-,36-,37-,41-,42-,48-,52-,53-,54+/m0/s1. The average Bonchev–Trinajstić information content (AvgIpc) is 1.72. The van der Waals surface area contributed by atoms with E-state index < -0.39 is 96.0 Å². The van der Waals surface area contributed by atoms with Crippen LogP contribution in [0.1, 0.15) is 150 Å². The number of hydrogen-bond donors (Lipinski definition) is 8. The number of aliphatic hydroxyl groups is 2. The van der Waals surface area contributed by atoms with Gasteiger partial charge in [0.1, 0.15) is 100 Å². The summed E-state index contributed by atoms with van der Waals surface area (Å²) in [7, 11) is 0. The molecule has 1 saturated heterocycles. The number of hydrogen-bond acceptors (Lipinski definition) is 24. The van der Waals surface area contributed by atoms with Gasteiger partial charge in [-0.2, -0.15) is 0 Å². The fourth-order valence-electron chi connectivity index (χ4n) is 12.0. The number of amides is 6. The summed E-state index contributed by atoms with van der Waals surface area (Å²) in [5.74, 6) is -5.00. The Kier molecular flexibility index (Phi) is 21.1. The van der Waals surface area contributed by atoms with E-state index in [0.717, 1.165) is 53.6 Å². The fraction of sp³-hybridized carbons (Fsp3) is 0.364. The molecule has 1 aliphatic carbocycles. The first-order valence-electron chi connectivity index (χ1n) is 31.5. The smallest absolute Gasteiger partial charge is 0.306 e. The van der Waals surface area contributed by atoms with Crippen molar-refractivity contribution in [1.29, 1.82) is 0 Å². The van der Waals surface area contributed by atoms with Crippen LogP contribution in [0.15, 0.2) is 93.6 Å². The molecule has 9 N–H and O–H groups in total. The number of benzene rings is 2. The van der Waals surface area contributed by atoms with Crippen molar-refractivity contribution in [2.24, 2.45) is 17.6 Å². The van der Waals surface area contributed by atoms with E-state index in [0.29, 0.717) is 102 Å². The van der Waals surface area contributed by atoms with Gasteiger partial charge in [0, 0.05) is 68.8 Å². The van der Waals surface area contributed by atoms with Crippen LogP contribution in [0.3, 0.4) is 0 Å². The van der Waals surface area contributed by atoms with Crippen LogP contribution < -0.4 is 31.7 Å². The summed E-state index contributed by atoms with van der Waals surface area (Å²) in [6.45, 7) is 10.6. The van der Waals surface area contributed by atoms with E-state index in [4.69, 9.17) is 35.4 Å². The van der Waals surface area contributed by atoms with Gasteiger partial charge >= 0.3 is 5.97 Å². The second-order valence-corrected chi connectivity index (χ2v) is 29.4. The molecule has 25 nitrogen and oxygen atoms in total. The number of fused-ring (bicyclic) bond motifs is 16. The molecule has 31 heteroatoms. The Morgan fingerprint density at radius 1 is 0.701 bits per heavy atom. The van der Waals surface area contributed by atoms with Crippen LogP contribution in [-0.4, -0.2) is 152 Å². The van der Waals surface area contributed by atoms with Gasteiger partial charge in [0.15, 0.2) is 0 Å². The highest BCUT2D eigenvalue weighted by Gasteiger charge is 2.46. The number of aliphatic hydroxyl groups excluding tert-OH is 2. The molecule has 10 bridgehead atoms. The Hall–Kier alpha value is -8.66. The minimum absolute atomic E-state index is 0.0151. The second-order valence-electron chi connectivity index (χ2n) is 23.8. The molecule has 6 amide bonds. The van der Waals surface area contributed by atoms with Gasteiger partial charge in [-0.05, 0) is 81.1 Å². The lowest BCUT2D eigenvalue weighted by Crippen LogP contribution is -2.50. The number of thiazole rings is 6. The maximum atomic E-state index is 15.5. The first-order chi connectivity index (χ1) is 46.8. The number of aryl methyl sites for hydroxylation is 1. The summed E-state index contributed by atoms with van der Waals surface area (Å²) in [5.41, 5.74) is 8.94. The zero-order valence-electron chi connectivity index (χ0n) is 52.9. The van der Waals surface area contributed by atoms with Gasteiger partial charge in [0.2, 0.25) is 11.8 Å². The summed E-state index contributed by atoms with van der Waals surface area (Å²) in [5, 5.41) is 55.4. The molecule has 7 atom stereocenters. The number of carboxylic acid groups (broad SMARTS) is 1. The van der Waals surface area contributed by atoms with Gasteiger partial charge < -0.3 is 56.9 Å². The number of aromatic nitrogens is 7. The number of nitrogens with zero attached hydrogens (tertiary/aromatic N) is 9. The zero-order valence-corrected chi connectivity index (χ0v) is 57.8. The van der Waals surface area contributed by atoms with Gasteiger partial charge in [-0.25, -0.2) is 34.9 Å². The molecule has 9 heterocycles. The van der Waals surface area contributed by atoms with Gasteiger partial charge in [0.25, 0.3) is 23.6 Å². The third kappa shape index (κ3) is 15.4. The van der Waals surface area contributed by atoms with Crippen LogP contribution in [0.2, 0.25) is 0 Å². The van der Waals surface area contributed by atoms with Gasteiger partial charge in [-0.1, -0.05) is 63.2 Å². The number of nitrogens with one attached hydrogen (secondary N) is 4. The van der Waals surface area contributed by atoms with Gasteiger partial charge in [-0.15, -0.1) is 68.0 Å². The Bertz CT molecular complexity index is 4370. The predicted molar refractivity (Wildman–Crippen MR) is 368 cm³/mol. The topological polar surface area (TPSA) is 360 Å². The Morgan fingerprint density at radius 2 is 1.35 bits per heavy atom. The van der Waals surface area contributed by atoms with E-state index in [1.54, 1.807) is 70.4 Å². The molecule has 9 aromatic rings. The largest absolute Gasteiger partial charge is 0.492 e. The molecule has 7 aromatic heterocycles. The number of nitrogens with two attached hydrogens (primary N) is 1. The highest BCUT2D eigenvalue weighted by atomic mass is 32.1. The Labute approximate surface area is 580 Å².